The van der Waals surface area contributed by atoms with E-state index >= 15 is 0 Å². The number of anilines is 1. The largest absolute Gasteiger partial charge is 0.349 e. The van der Waals surface area contributed by atoms with Crippen LogP contribution in [0.25, 0.3) is 11.4 Å². The number of pyridine rings is 1. The number of halogens is 1. The molecule has 0 radical (unpaired) electrons. The van der Waals surface area contributed by atoms with Crippen molar-refractivity contribution in [3.63, 3.8) is 0 Å². The van der Waals surface area contributed by atoms with Gasteiger partial charge in [-0.05, 0) is 35.0 Å². The molecule has 0 unspecified atom stereocenters. The number of nitrogens with one attached hydrogen (secondary N) is 1. The number of carbonyl (C=O) groups excluding carboxylic acids is 1. The summed E-state index contributed by atoms with van der Waals surface area (Å²) in [5, 5.41) is 10.8. The van der Waals surface area contributed by atoms with Crippen LogP contribution in [0.4, 0.5) is 5.82 Å². The van der Waals surface area contributed by atoms with E-state index in [0.29, 0.717) is 21.7 Å². The molecule has 1 N–H and O–H groups in total. The Kier molecular flexibility index (Phi) is 3.76. The first-order chi connectivity index (χ1) is 10.6. The highest BCUT2D eigenvalue weighted by Gasteiger charge is 2.20. The molecule has 0 saturated heterocycles. The lowest BCUT2D eigenvalue weighted by atomic mass is 10.3. The van der Waals surface area contributed by atoms with Crippen molar-refractivity contribution in [3.05, 3.63) is 46.4 Å². The van der Waals surface area contributed by atoms with E-state index < -0.39 is 5.91 Å². The molecule has 0 fully saturated rings. The third kappa shape index (κ3) is 2.64. The van der Waals surface area contributed by atoms with Crippen molar-refractivity contribution in [2.45, 2.75) is 6.92 Å². The fraction of sp³-hybridized carbons (Fsp3) is 0.143. The standard InChI is InChI=1S/C14H12BrN5O2/c1-8-12(15)13(22-19-8)14(21)17-11-7-10(18-20(11)2)9-5-3-4-6-16-9/h3-7H,1-2H3,(H,17,21). The fourth-order valence-corrected chi connectivity index (χ4v) is 2.22. The van der Waals surface area contributed by atoms with Crippen LogP contribution in [0.5, 0.6) is 0 Å². The highest BCUT2D eigenvalue weighted by Crippen LogP contribution is 2.23. The maximum absolute atomic E-state index is 12.2. The van der Waals surface area contributed by atoms with Crippen molar-refractivity contribution >= 4 is 27.7 Å². The van der Waals surface area contributed by atoms with Crippen molar-refractivity contribution in [1.82, 2.24) is 19.9 Å². The Morgan fingerprint density at radius 2 is 2.18 bits per heavy atom. The summed E-state index contributed by atoms with van der Waals surface area (Å²) in [5.41, 5.74) is 2.02. The van der Waals surface area contributed by atoms with Crippen molar-refractivity contribution in [3.8, 4) is 11.4 Å². The van der Waals surface area contributed by atoms with Crippen LogP contribution < -0.4 is 5.32 Å². The van der Waals surface area contributed by atoms with Crippen molar-refractivity contribution < 1.29 is 9.32 Å². The average molecular weight is 362 g/mol. The van der Waals surface area contributed by atoms with Gasteiger partial charge in [0.05, 0.1) is 15.9 Å². The molecule has 0 bridgehead atoms. The summed E-state index contributed by atoms with van der Waals surface area (Å²) in [6, 6.07) is 7.31. The molecule has 3 aromatic heterocycles. The zero-order valence-corrected chi connectivity index (χ0v) is 13.5. The minimum absolute atomic E-state index is 0.123. The first kappa shape index (κ1) is 14.5. The van der Waals surface area contributed by atoms with Gasteiger partial charge in [0.1, 0.15) is 11.5 Å². The lowest BCUT2D eigenvalue weighted by Gasteiger charge is -2.02. The summed E-state index contributed by atoms with van der Waals surface area (Å²) in [6.07, 6.45) is 1.69. The summed E-state index contributed by atoms with van der Waals surface area (Å²) in [4.78, 5) is 16.4. The van der Waals surface area contributed by atoms with Crippen LogP contribution in [-0.4, -0.2) is 25.8 Å². The second-order valence-electron chi connectivity index (χ2n) is 4.62. The molecule has 0 aliphatic rings. The number of nitrogens with zero attached hydrogens (tertiary/aromatic N) is 4. The molecule has 0 aliphatic carbocycles. The van der Waals surface area contributed by atoms with Crippen LogP contribution >= 0.6 is 15.9 Å². The van der Waals surface area contributed by atoms with Crippen LogP contribution in [0.2, 0.25) is 0 Å². The number of amides is 1. The van der Waals surface area contributed by atoms with Gasteiger partial charge in [0.2, 0.25) is 5.76 Å². The number of hydrogen-bond donors (Lipinski definition) is 1. The van der Waals surface area contributed by atoms with Crippen LogP contribution in [0.15, 0.2) is 39.5 Å². The van der Waals surface area contributed by atoms with Crippen molar-refractivity contribution in [2.75, 3.05) is 5.32 Å². The average Bonchev–Trinajstić information content (AvgIpc) is 3.04. The minimum atomic E-state index is -0.400. The summed E-state index contributed by atoms with van der Waals surface area (Å²) in [6.45, 7) is 1.74. The molecule has 22 heavy (non-hydrogen) atoms. The van der Waals surface area contributed by atoms with E-state index in [1.807, 2.05) is 18.2 Å². The number of hydrogen-bond acceptors (Lipinski definition) is 5. The number of aryl methyl sites for hydroxylation is 2. The highest BCUT2D eigenvalue weighted by molar-refractivity contribution is 9.10. The SMILES string of the molecule is Cc1noc(C(=O)Nc2cc(-c3ccccn3)nn2C)c1Br. The van der Waals surface area contributed by atoms with E-state index in [0.717, 1.165) is 5.69 Å². The predicted octanol–water partition coefficient (Wildman–Crippen LogP) is 2.79. The maximum Gasteiger partial charge on any atom is 0.296 e. The second-order valence-corrected chi connectivity index (χ2v) is 5.41. The Labute approximate surface area is 134 Å². The quantitative estimate of drug-likeness (QED) is 0.774. The Balaban J connectivity index is 1.86. The van der Waals surface area contributed by atoms with Gasteiger partial charge >= 0.3 is 0 Å². The molecule has 7 nitrogen and oxygen atoms in total. The van der Waals surface area contributed by atoms with E-state index in [-0.39, 0.29) is 5.76 Å². The second kappa shape index (κ2) is 5.72. The maximum atomic E-state index is 12.2. The van der Waals surface area contributed by atoms with E-state index in [1.54, 1.807) is 30.9 Å². The van der Waals surface area contributed by atoms with Gasteiger partial charge in [-0.15, -0.1) is 0 Å². The molecule has 3 heterocycles. The third-order valence-corrected chi connectivity index (χ3v) is 3.98. The molecule has 0 aliphatic heterocycles. The first-order valence-electron chi connectivity index (χ1n) is 6.45. The topological polar surface area (TPSA) is 85.8 Å². The molecule has 0 saturated carbocycles. The minimum Gasteiger partial charge on any atom is -0.349 e. The molecule has 0 aromatic carbocycles. The molecule has 3 rings (SSSR count). The molecular formula is C14H12BrN5O2. The van der Waals surface area contributed by atoms with E-state index in [2.05, 4.69) is 36.5 Å². The first-order valence-corrected chi connectivity index (χ1v) is 7.24. The Morgan fingerprint density at radius 3 is 2.82 bits per heavy atom. The normalized spacial score (nSPS) is 10.7. The van der Waals surface area contributed by atoms with Crippen molar-refractivity contribution in [2.24, 2.45) is 7.05 Å². The summed E-state index contributed by atoms with van der Waals surface area (Å²) >= 11 is 3.28. The molecule has 3 aromatic rings. The monoisotopic (exact) mass is 361 g/mol. The molecule has 1 amide bonds. The van der Waals surface area contributed by atoms with Crippen LogP contribution in [0.1, 0.15) is 16.2 Å². The van der Waals surface area contributed by atoms with Gasteiger partial charge in [0.15, 0.2) is 0 Å². The van der Waals surface area contributed by atoms with E-state index in [9.17, 15) is 4.79 Å². The van der Waals surface area contributed by atoms with Crippen LogP contribution in [0.3, 0.4) is 0 Å². The van der Waals surface area contributed by atoms with Gasteiger partial charge in [-0.2, -0.15) is 5.10 Å². The summed E-state index contributed by atoms with van der Waals surface area (Å²) in [5.74, 6) is 0.257. The molecular weight excluding hydrogens is 350 g/mol. The van der Waals surface area contributed by atoms with Crippen LogP contribution in [0, 0.1) is 6.92 Å². The molecule has 0 atom stereocenters. The zero-order chi connectivity index (χ0) is 15.7. The van der Waals surface area contributed by atoms with Gasteiger partial charge < -0.3 is 9.84 Å². The fourth-order valence-electron chi connectivity index (χ4n) is 1.90. The lowest BCUT2D eigenvalue weighted by molar-refractivity contribution is 0.0986. The lowest BCUT2D eigenvalue weighted by Crippen LogP contribution is -2.14. The molecule has 112 valence electrons. The van der Waals surface area contributed by atoms with Crippen LogP contribution in [-0.2, 0) is 7.05 Å². The summed E-state index contributed by atoms with van der Waals surface area (Å²) in [7, 11) is 1.74. The smallest absolute Gasteiger partial charge is 0.296 e. The summed E-state index contributed by atoms with van der Waals surface area (Å²) < 4.78 is 7.12. The van der Waals surface area contributed by atoms with Gasteiger partial charge in [0, 0.05) is 19.3 Å². The Hall–Kier alpha value is -2.48. The predicted molar refractivity (Wildman–Crippen MR) is 83.3 cm³/mol. The number of carbonyl (C=O) groups is 1. The Morgan fingerprint density at radius 1 is 1.36 bits per heavy atom. The van der Waals surface area contributed by atoms with Gasteiger partial charge in [0.25, 0.3) is 5.91 Å². The highest BCUT2D eigenvalue weighted by atomic mass is 79.9. The number of rotatable bonds is 3. The zero-order valence-electron chi connectivity index (χ0n) is 11.9. The van der Waals surface area contributed by atoms with E-state index in [4.69, 9.17) is 4.52 Å². The van der Waals surface area contributed by atoms with Gasteiger partial charge in [-0.3, -0.25) is 14.5 Å². The van der Waals surface area contributed by atoms with Gasteiger partial charge in [-0.1, -0.05) is 11.2 Å². The molecule has 8 heteroatoms. The molecule has 0 spiro atoms. The Bertz CT molecular complexity index is 825. The van der Waals surface area contributed by atoms with E-state index in [1.165, 1.54) is 0 Å². The van der Waals surface area contributed by atoms with Crippen molar-refractivity contribution in [1.29, 1.82) is 0 Å². The number of aromatic nitrogens is 4. The third-order valence-electron chi connectivity index (χ3n) is 3.05. The van der Waals surface area contributed by atoms with Gasteiger partial charge in [-0.25, -0.2) is 0 Å².